The minimum atomic E-state index is -3.85. The largest absolute Gasteiger partial charge is 0.495 e. The molecule has 0 radical (unpaired) electrons. The average molecular weight is 404 g/mol. The first kappa shape index (κ1) is 20.3. The van der Waals surface area contributed by atoms with Crippen molar-refractivity contribution < 1.29 is 17.9 Å². The summed E-state index contributed by atoms with van der Waals surface area (Å²) in [5, 5.41) is 2.64. The topological polar surface area (TPSA) is 78.9 Å². The second-order valence-corrected chi connectivity index (χ2v) is 8.71. The molecule has 1 saturated heterocycles. The minimum Gasteiger partial charge on any atom is -0.495 e. The van der Waals surface area contributed by atoms with E-state index in [1.54, 1.807) is 12.1 Å². The van der Waals surface area contributed by atoms with E-state index < -0.39 is 10.0 Å². The van der Waals surface area contributed by atoms with Crippen LogP contribution in [0, 0.1) is 0 Å². The number of methoxy groups -OCH3 is 1. The normalized spacial score (nSPS) is 18.6. The number of piperazine rings is 1. The number of ether oxygens (including phenoxy) is 1. The molecule has 1 atom stereocenters. The van der Waals surface area contributed by atoms with Crippen LogP contribution in [0.1, 0.15) is 18.5 Å². The third kappa shape index (κ3) is 4.19. The molecule has 8 heteroatoms. The van der Waals surface area contributed by atoms with Gasteiger partial charge in [-0.2, -0.15) is 4.31 Å². The van der Waals surface area contributed by atoms with Crippen LogP contribution in [0.2, 0.25) is 0 Å². The Morgan fingerprint density at radius 3 is 2.50 bits per heavy atom. The maximum absolute atomic E-state index is 13.6. The Labute approximate surface area is 166 Å². The molecule has 1 aliphatic heterocycles. The molecule has 0 bridgehead atoms. The fraction of sp³-hybridized carbons (Fsp3) is 0.350. The first-order valence-corrected chi connectivity index (χ1v) is 10.5. The van der Waals surface area contributed by atoms with E-state index in [2.05, 4.69) is 10.2 Å². The lowest BCUT2D eigenvalue weighted by Gasteiger charge is -2.39. The van der Waals surface area contributed by atoms with Crippen molar-refractivity contribution in [2.45, 2.75) is 17.9 Å². The molecule has 1 N–H and O–H groups in total. The van der Waals surface area contributed by atoms with Crippen LogP contribution in [0.3, 0.4) is 0 Å². The summed E-state index contributed by atoms with van der Waals surface area (Å²) in [4.78, 5) is 13.6. The first-order valence-electron chi connectivity index (χ1n) is 9.04. The number of amides is 1. The zero-order chi connectivity index (χ0) is 20.3. The SMILES string of the molecule is COc1ccc(NC(C)=O)cc1S(=O)(=O)N1CCN(C)CC1c1ccccc1. The molecule has 2 aromatic rings. The van der Waals surface area contributed by atoms with Crippen LogP contribution in [0.25, 0.3) is 0 Å². The van der Waals surface area contributed by atoms with E-state index in [9.17, 15) is 13.2 Å². The average Bonchev–Trinajstić information content (AvgIpc) is 2.68. The molecular weight excluding hydrogens is 378 g/mol. The van der Waals surface area contributed by atoms with Crippen molar-refractivity contribution >= 4 is 21.6 Å². The Hall–Kier alpha value is -2.42. The summed E-state index contributed by atoms with van der Waals surface area (Å²) in [7, 11) is -0.434. The van der Waals surface area contributed by atoms with E-state index in [1.165, 1.54) is 24.4 Å². The number of hydrogen-bond acceptors (Lipinski definition) is 5. The third-order valence-electron chi connectivity index (χ3n) is 4.79. The van der Waals surface area contributed by atoms with Gasteiger partial charge in [-0.1, -0.05) is 30.3 Å². The van der Waals surface area contributed by atoms with E-state index in [0.717, 1.165) is 5.56 Å². The highest BCUT2D eigenvalue weighted by atomic mass is 32.2. The number of likely N-dealkylation sites (N-methyl/N-ethyl adjacent to an activating group) is 1. The van der Waals surface area contributed by atoms with Gasteiger partial charge in [-0.05, 0) is 30.8 Å². The molecule has 1 aliphatic rings. The van der Waals surface area contributed by atoms with Gasteiger partial charge in [0, 0.05) is 32.2 Å². The highest BCUT2D eigenvalue weighted by Gasteiger charge is 2.37. The maximum atomic E-state index is 13.6. The molecule has 0 aromatic heterocycles. The molecule has 0 spiro atoms. The van der Waals surface area contributed by atoms with E-state index in [4.69, 9.17) is 4.74 Å². The van der Waals surface area contributed by atoms with Crippen molar-refractivity contribution in [2.24, 2.45) is 0 Å². The Kier molecular flexibility index (Phi) is 6.02. The predicted molar refractivity (Wildman–Crippen MR) is 108 cm³/mol. The molecule has 1 fully saturated rings. The van der Waals surface area contributed by atoms with Crippen LogP contribution in [0.4, 0.5) is 5.69 Å². The number of carbonyl (C=O) groups excluding carboxylic acids is 1. The molecule has 28 heavy (non-hydrogen) atoms. The zero-order valence-electron chi connectivity index (χ0n) is 16.3. The van der Waals surface area contributed by atoms with Gasteiger partial charge in [0.15, 0.2) is 0 Å². The van der Waals surface area contributed by atoms with Gasteiger partial charge in [-0.15, -0.1) is 0 Å². The van der Waals surface area contributed by atoms with Gasteiger partial charge in [0.05, 0.1) is 13.2 Å². The molecule has 0 saturated carbocycles. The summed E-state index contributed by atoms with van der Waals surface area (Å²) >= 11 is 0. The van der Waals surface area contributed by atoms with Gasteiger partial charge in [-0.3, -0.25) is 4.79 Å². The van der Waals surface area contributed by atoms with E-state index in [1.807, 2.05) is 37.4 Å². The number of anilines is 1. The molecule has 1 amide bonds. The minimum absolute atomic E-state index is 0.0479. The van der Waals surface area contributed by atoms with Crippen LogP contribution in [-0.4, -0.2) is 57.3 Å². The summed E-state index contributed by atoms with van der Waals surface area (Å²) in [6, 6.07) is 13.9. The van der Waals surface area contributed by atoms with Crippen LogP contribution >= 0.6 is 0 Å². The molecule has 150 valence electrons. The summed E-state index contributed by atoms with van der Waals surface area (Å²) < 4.78 is 34.1. The fourth-order valence-corrected chi connectivity index (χ4v) is 5.20. The monoisotopic (exact) mass is 403 g/mol. The number of benzene rings is 2. The Morgan fingerprint density at radius 2 is 1.86 bits per heavy atom. The van der Waals surface area contributed by atoms with Crippen LogP contribution in [-0.2, 0) is 14.8 Å². The van der Waals surface area contributed by atoms with Crippen molar-refractivity contribution in [1.29, 1.82) is 0 Å². The summed E-state index contributed by atoms with van der Waals surface area (Å²) in [6.07, 6.45) is 0. The molecule has 1 unspecified atom stereocenters. The van der Waals surface area contributed by atoms with Gasteiger partial charge in [0.25, 0.3) is 0 Å². The quantitative estimate of drug-likeness (QED) is 0.829. The number of nitrogens with zero attached hydrogens (tertiary/aromatic N) is 2. The summed E-state index contributed by atoms with van der Waals surface area (Å²) in [5.74, 6) is -0.0184. The summed E-state index contributed by atoms with van der Waals surface area (Å²) in [6.45, 7) is 2.98. The maximum Gasteiger partial charge on any atom is 0.247 e. The molecular formula is C20H25N3O4S. The van der Waals surface area contributed by atoms with Gasteiger partial charge in [-0.25, -0.2) is 8.42 Å². The van der Waals surface area contributed by atoms with Gasteiger partial charge in [0.1, 0.15) is 10.6 Å². The second-order valence-electron chi connectivity index (χ2n) is 6.85. The van der Waals surface area contributed by atoms with Gasteiger partial charge < -0.3 is 15.0 Å². The zero-order valence-corrected chi connectivity index (χ0v) is 17.1. The molecule has 7 nitrogen and oxygen atoms in total. The standard InChI is InChI=1S/C20H25N3O4S/c1-15(24)21-17-9-10-19(27-3)20(13-17)28(25,26)23-12-11-22(2)14-18(23)16-7-5-4-6-8-16/h4-10,13,18H,11-12,14H2,1-3H3,(H,21,24). The smallest absolute Gasteiger partial charge is 0.247 e. The van der Waals surface area contributed by atoms with Crippen molar-refractivity contribution in [2.75, 3.05) is 39.1 Å². The summed E-state index contributed by atoms with van der Waals surface area (Å²) in [5.41, 5.74) is 1.35. The molecule has 2 aromatic carbocycles. The lowest BCUT2D eigenvalue weighted by Crippen LogP contribution is -2.49. The fourth-order valence-electron chi connectivity index (χ4n) is 3.42. The van der Waals surface area contributed by atoms with Crippen molar-refractivity contribution in [3.63, 3.8) is 0 Å². The van der Waals surface area contributed by atoms with Crippen molar-refractivity contribution in [1.82, 2.24) is 9.21 Å². The van der Waals surface area contributed by atoms with E-state index >= 15 is 0 Å². The van der Waals surface area contributed by atoms with Crippen molar-refractivity contribution in [3.05, 3.63) is 54.1 Å². The van der Waals surface area contributed by atoms with E-state index in [0.29, 0.717) is 25.3 Å². The number of nitrogens with one attached hydrogen (secondary N) is 1. The Balaban J connectivity index is 2.06. The lowest BCUT2D eigenvalue weighted by atomic mass is 10.1. The number of hydrogen-bond donors (Lipinski definition) is 1. The van der Waals surface area contributed by atoms with Crippen LogP contribution < -0.4 is 10.1 Å². The highest BCUT2D eigenvalue weighted by Crippen LogP contribution is 2.35. The number of carbonyl (C=O) groups is 1. The molecule has 3 rings (SSSR count). The van der Waals surface area contributed by atoms with Gasteiger partial charge in [0.2, 0.25) is 15.9 Å². The van der Waals surface area contributed by atoms with Crippen LogP contribution in [0.5, 0.6) is 5.75 Å². The van der Waals surface area contributed by atoms with Crippen molar-refractivity contribution in [3.8, 4) is 5.75 Å². The van der Waals surface area contributed by atoms with Gasteiger partial charge >= 0.3 is 0 Å². The second kappa shape index (κ2) is 8.30. The van der Waals surface area contributed by atoms with E-state index in [-0.39, 0.29) is 22.6 Å². The number of sulfonamides is 1. The highest BCUT2D eigenvalue weighted by molar-refractivity contribution is 7.89. The Bertz CT molecular complexity index is 947. The first-order chi connectivity index (χ1) is 13.3. The predicted octanol–water partition coefficient (Wildman–Crippen LogP) is 2.33. The number of rotatable bonds is 5. The Morgan fingerprint density at radius 1 is 1.14 bits per heavy atom. The van der Waals surface area contributed by atoms with Crippen LogP contribution in [0.15, 0.2) is 53.4 Å². The molecule has 0 aliphatic carbocycles. The molecule has 1 heterocycles. The third-order valence-corrected chi connectivity index (χ3v) is 6.72. The lowest BCUT2D eigenvalue weighted by molar-refractivity contribution is -0.114.